The van der Waals surface area contributed by atoms with E-state index in [1.165, 1.54) is 0 Å². The van der Waals surface area contributed by atoms with Crippen molar-refractivity contribution in [2.75, 3.05) is 5.32 Å². The monoisotopic (exact) mass is 386 g/mol. The second-order valence-corrected chi connectivity index (χ2v) is 7.92. The molecular weight excluding hydrogens is 372 g/mol. The third kappa shape index (κ3) is 2.81. The van der Waals surface area contributed by atoms with Gasteiger partial charge in [-0.05, 0) is 37.1 Å². The number of halogens is 1. The molecule has 26 heavy (non-hydrogen) atoms. The molecule has 6 nitrogen and oxygen atoms in total. The summed E-state index contributed by atoms with van der Waals surface area (Å²) in [6, 6.07) is 9.13. The van der Waals surface area contributed by atoms with Gasteiger partial charge < -0.3 is 9.84 Å². The summed E-state index contributed by atoms with van der Waals surface area (Å²) in [6.45, 7) is 0. The summed E-state index contributed by atoms with van der Waals surface area (Å²) in [5.74, 6) is 3.29. The maximum absolute atomic E-state index is 12.7. The average molecular weight is 387 g/mol. The van der Waals surface area contributed by atoms with Crippen molar-refractivity contribution >= 4 is 35.1 Å². The Morgan fingerprint density at radius 1 is 1.27 bits per heavy atom. The highest BCUT2D eigenvalue weighted by molar-refractivity contribution is 7.98. The van der Waals surface area contributed by atoms with E-state index in [1.54, 1.807) is 22.5 Å². The van der Waals surface area contributed by atoms with Gasteiger partial charge in [0, 0.05) is 34.1 Å². The second-order valence-electron chi connectivity index (χ2n) is 6.50. The van der Waals surface area contributed by atoms with Crippen molar-refractivity contribution < 1.29 is 9.32 Å². The summed E-state index contributed by atoms with van der Waals surface area (Å²) in [6.07, 6.45) is 2.20. The fourth-order valence-corrected chi connectivity index (χ4v) is 4.20. The summed E-state index contributed by atoms with van der Waals surface area (Å²) in [5, 5.41) is 12.2. The summed E-state index contributed by atoms with van der Waals surface area (Å²) in [7, 11) is 0. The van der Waals surface area contributed by atoms with Crippen molar-refractivity contribution in [1.82, 2.24) is 14.9 Å². The van der Waals surface area contributed by atoms with E-state index in [0.717, 1.165) is 47.1 Å². The number of hydrogen-bond donors (Lipinski definition) is 1. The normalized spacial score (nSPS) is 15.9. The minimum atomic E-state index is -0.282. The van der Waals surface area contributed by atoms with Crippen LogP contribution in [0.2, 0.25) is 5.02 Å². The molecule has 1 saturated carbocycles. The summed E-state index contributed by atoms with van der Waals surface area (Å²) in [4.78, 5) is 12.7. The molecule has 3 aromatic rings. The smallest absolute Gasteiger partial charge is 0.279 e. The minimum Gasteiger partial charge on any atom is -0.360 e. The molecule has 0 atom stereocenters. The molecule has 0 saturated heterocycles. The number of carbonyl (C=O) groups excluding carboxylic acids is 1. The van der Waals surface area contributed by atoms with Gasteiger partial charge in [0.15, 0.2) is 5.69 Å². The standard InChI is InChI=1S/C18H15ClN4O2S/c19-11-3-5-12(6-4-11)23-17(13-8-26-9-15(13)21-23)20-18(24)14-7-16(25-22-14)10-1-2-10/h3-7,10H,1-2,8-9H2,(H,20,24). The lowest BCUT2D eigenvalue weighted by Crippen LogP contribution is -2.16. The van der Waals surface area contributed by atoms with Crippen LogP contribution < -0.4 is 5.32 Å². The molecule has 1 aliphatic heterocycles. The van der Waals surface area contributed by atoms with E-state index in [2.05, 4.69) is 15.6 Å². The predicted octanol–water partition coefficient (Wildman–Crippen LogP) is 4.39. The molecule has 0 spiro atoms. The van der Waals surface area contributed by atoms with Gasteiger partial charge in [-0.15, -0.1) is 0 Å². The lowest BCUT2D eigenvalue weighted by Gasteiger charge is -2.10. The van der Waals surface area contributed by atoms with Crippen molar-refractivity contribution in [3.05, 3.63) is 58.1 Å². The van der Waals surface area contributed by atoms with Crippen LogP contribution >= 0.6 is 23.4 Å². The van der Waals surface area contributed by atoms with Crippen molar-refractivity contribution in [3.63, 3.8) is 0 Å². The minimum absolute atomic E-state index is 0.282. The Kier molecular flexibility index (Phi) is 3.79. The third-order valence-corrected chi connectivity index (χ3v) is 5.82. The first kappa shape index (κ1) is 16.0. The Hall–Kier alpha value is -2.25. The highest BCUT2D eigenvalue weighted by Crippen LogP contribution is 2.40. The first-order chi connectivity index (χ1) is 12.7. The molecule has 0 unspecified atom stereocenters. The van der Waals surface area contributed by atoms with Crippen LogP contribution in [0.3, 0.4) is 0 Å². The van der Waals surface area contributed by atoms with Gasteiger partial charge in [0.25, 0.3) is 5.91 Å². The van der Waals surface area contributed by atoms with E-state index in [1.807, 2.05) is 24.3 Å². The molecule has 1 aromatic carbocycles. The van der Waals surface area contributed by atoms with Crippen molar-refractivity contribution in [1.29, 1.82) is 0 Å². The third-order valence-electron chi connectivity index (χ3n) is 4.60. The molecule has 1 N–H and O–H groups in total. The number of thioether (sulfide) groups is 1. The first-order valence-electron chi connectivity index (χ1n) is 8.41. The van der Waals surface area contributed by atoms with Crippen LogP contribution in [0.5, 0.6) is 0 Å². The van der Waals surface area contributed by atoms with Crippen LogP contribution in [-0.4, -0.2) is 20.8 Å². The number of amides is 1. The number of nitrogens with one attached hydrogen (secondary N) is 1. The number of hydrogen-bond acceptors (Lipinski definition) is 5. The van der Waals surface area contributed by atoms with Crippen LogP contribution in [0.15, 0.2) is 34.9 Å². The highest BCUT2D eigenvalue weighted by Gasteiger charge is 2.30. The van der Waals surface area contributed by atoms with Gasteiger partial charge in [-0.3, -0.25) is 4.79 Å². The van der Waals surface area contributed by atoms with Gasteiger partial charge in [0.1, 0.15) is 11.6 Å². The Morgan fingerprint density at radius 3 is 2.85 bits per heavy atom. The fraction of sp³-hybridized carbons (Fsp3) is 0.278. The number of aromatic nitrogens is 3. The molecule has 8 heteroatoms. The molecule has 3 heterocycles. The van der Waals surface area contributed by atoms with Crippen molar-refractivity contribution in [2.45, 2.75) is 30.3 Å². The van der Waals surface area contributed by atoms with E-state index in [9.17, 15) is 4.79 Å². The van der Waals surface area contributed by atoms with Crippen LogP contribution in [0.25, 0.3) is 5.69 Å². The molecule has 2 aromatic heterocycles. The van der Waals surface area contributed by atoms with Gasteiger partial charge in [0.2, 0.25) is 0 Å². The van der Waals surface area contributed by atoms with Crippen LogP contribution in [0.1, 0.15) is 46.3 Å². The van der Waals surface area contributed by atoms with Gasteiger partial charge in [-0.25, -0.2) is 4.68 Å². The molecule has 1 fully saturated rings. The van der Waals surface area contributed by atoms with Gasteiger partial charge in [-0.1, -0.05) is 16.8 Å². The van der Waals surface area contributed by atoms with Gasteiger partial charge >= 0.3 is 0 Å². The second kappa shape index (κ2) is 6.17. The first-order valence-corrected chi connectivity index (χ1v) is 9.95. The fourth-order valence-electron chi connectivity index (χ4n) is 3.04. The molecular formula is C18H15ClN4O2S. The number of nitrogens with zero attached hydrogens (tertiary/aromatic N) is 3. The summed E-state index contributed by atoms with van der Waals surface area (Å²) in [5.41, 5.74) is 3.21. The molecule has 0 bridgehead atoms. The Labute approximate surface area is 158 Å². The van der Waals surface area contributed by atoms with Crippen LogP contribution in [0.4, 0.5) is 5.82 Å². The largest absolute Gasteiger partial charge is 0.360 e. The molecule has 1 aliphatic carbocycles. The van der Waals surface area contributed by atoms with Gasteiger partial charge in [-0.2, -0.15) is 16.9 Å². The Bertz CT molecular complexity index is 991. The van der Waals surface area contributed by atoms with Gasteiger partial charge in [0.05, 0.1) is 11.4 Å². The quantitative estimate of drug-likeness (QED) is 0.719. The highest BCUT2D eigenvalue weighted by atomic mass is 35.5. The number of anilines is 1. The zero-order valence-electron chi connectivity index (χ0n) is 13.7. The lowest BCUT2D eigenvalue weighted by atomic mass is 10.2. The number of carbonyl (C=O) groups is 1. The maximum Gasteiger partial charge on any atom is 0.279 e. The zero-order chi connectivity index (χ0) is 17.7. The van der Waals surface area contributed by atoms with Crippen molar-refractivity contribution in [3.8, 4) is 5.69 Å². The number of benzene rings is 1. The van der Waals surface area contributed by atoms with E-state index < -0.39 is 0 Å². The maximum atomic E-state index is 12.7. The van der Waals surface area contributed by atoms with Crippen molar-refractivity contribution in [2.24, 2.45) is 0 Å². The number of fused-ring (bicyclic) bond motifs is 1. The van der Waals surface area contributed by atoms with E-state index >= 15 is 0 Å². The Balaban J connectivity index is 1.48. The van der Waals surface area contributed by atoms with Crippen LogP contribution in [0, 0.1) is 0 Å². The summed E-state index contributed by atoms with van der Waals surface area (Å²) < 4.78 is 7.06. The molecule has 2 aliphatic rings. The van der Waals surface area contributed by atoms with E-state index in [4.69, 9.17) is 16.1 Å². The van der Waals surface area contributed by atoms with E-state index in [-0.39, 0.29) is 5.91 Å². The molecule has 0 radical (unpaired) electrons. The SMILES string of the molecule is O=C(Nc1c2c(nn1-c1ccc(Cl)cc1)CSC2)c1cc(C2CC2)on1. The predicted molar refractivity (Wildman–Crippen MR) is 100 cm³/mol. The molecule has 5 rings (SSSR count). The Morgan fingerprint density at radius 2 is 2.08 bits per heavy atom. The number of rotatable bonds is 4. The zero-order valence-corrected chi connectivity index (χ0v) is 15.3. The lowest BCUT2D eigenvalue weighted by molar-refractivity contribution is 0.101. The van der Waals surface area contributed by atoms with Crippen LogP contribution in [-0.2, 0) is 11.5 Å². The van der Waals surface area contributed by atoms with E-state index in [0.29, 0.717) is 22.5 Å². The summed E-state index contributed by atoms with van der Waals surface area (Å²) >= 11 is 7.78. The molecule has 132 valence electrons. The average Bonchev–Trinajstić information content (AvgIpc) is 3.07. The topological polar surface area (TPSA) is 73.0 Å². The molecule has 1 amide bonds.